The first-order chi connectivity index (χ1) is 13.2. The predicted molar refractivity (Wildman–Crippen MR) is 98.9 cm³/mol. The van der Waals surface area contributed by atoms with E-state index in [-0.39, 0.29) is 78.2 Å². The SMILES string of the molecule is CCCCCCCCCCCC(=O)NCCOC(=O)C(CC(=O)[O-])S(=O)(=O)[O-].[Na+].[Na+]. The minimum atomic E-state index is -5.17. The Morgan fingerprint density at radius 2 is 1.43 bits per heavy atom. The Balaban J connectivity index is -0.00000364. The molecule has 9 nitrogen and oxygen atoms in total. The molecule has 0 saturated carbocycles. The number of hydrogen-bond acceptors (Lipinski definition) is 8. The number of unbranched alkanes of at least 4 members (excludes halogenated alkanes) is 8. The number of carbonyl (C=O) groups excluding carboxylic acids is 3. The van der Waals surface area contributed by atoms with Gasteiger partial charge in [0.15, 0.2) is 5.25 Å². The van der Waals surface area contributed by atoms with Gasteiger partial charge in [-0.2, -0.15) is 0 Å². The zero-order valence-corrected chi connectivity index (χ0v) is 23.3. The molecule has 1 atom stereocenters. The summed E-state index contributed by atoms with van der Waals surface area (Å²) >= 11 is 0. The van der Waals surface area contributed by atoms with Crippen LogP contribution in [0.4, 0.5) is 0 Å². The van der Waals surface area contributed by atoms with Crippen molar-refractivity contribution in [1.82, 2.24) is 5.32 Å². The molecule has 0 aromatic heterocycles. The molecular formula is C18H31NNa2O8S. The van der Waals surface area contributed by atoms with E-state index in [0.29, 0.717) is 6.42 Å². The number of ether oxygens (including phenoxy) is 1. The monoisotopic (exact) mass is 467 g/mol. The van der Waals surface area contributed by atoms with Crippen molar-refractivity contribution in [2.24, 2.45) is 0 Å². The second kappa shape index (κ2) is 21.2. The van der Waals surface area contributed by atoms with Gasteiger partial charge in [-0.1, -0.05) is 58.3 Å². The number of rotatable bonds is 17. The maximum Gasteiger partial charge on any atom is 1.00 e. The van der Waals surface area contributed by atoms with Crippen molar-refractivity contribution in [2.45, 2.75) is 82.8 Å². The van der Waals surface area contributed by atoms with Crippen LogP contribution in [0.3, 0.4) is 0 Å². The molecule has 1 N–H and O–H groups in total. The Morgan fingerprint density at radius 3 is 1.90 bits per heavy atom. The number of aliphatic carboxylic acids is 1. The number of carboxylic acid groups (broad SMARTS) is 1. The average molecular weight is 467 g/mol. The van der Waals surface area contributed by atoms with Crippen molar-refractivity contribution in [3.05, 3.63) is 0 Å². The summed E-state index contributed by atoms with van der Waals surface area (Å²) in [5.74, 6) is -3.54. The standard InChI is InChI=1S/C18H33NO8S.2Na/c1-2-3-4-5-6-7-8-9-10-11-16(20)19-12-13-27-18(23)15(14-17(21)22)28(24,25)26;;/h15H,2-14H2,1H3,(H,19,20)(H,21,22)(H,24,25,26);;/q;2*+1/p-2. The molecule has 0 fully saturated rings. The van der Waals surface area contributed by atoms with Gasteiger partial charge in [0.05, 0.1) is 6.54 Å². The van der Waals surface area contributed by atoms with Gasteiger partial charge in [-0.3, -0.25) is 9.59 Å². The average Bonchev–Trinajstić information content (AvgIpc) is 2.60. The van der Waals surface area contributed by atoms with E-state index in [2.05, 4.69) is 17.0 Å². The van der Waals surface area contributed by atoms with E-state index in [0.717, 1.165) is 25.7 Å². The van der Waals surface area contributed by atoms with Crippen LogP contribution < -0.4 is 69.5 Å². The molecule has 12 heteroatoms. The van der Waals surface area contributed by atoms with Crippen molar-refractivity contribution in [3.63, 3.8) is 0 Å². The summed E-state index contributed by atoms with van der Waals surface area (Å²) in [5.41, 5.74) is 0. The molecular weight excluding hydrogens is 436 g/mol. The molecule has 1 amide bonds. The summed E-state index contributed by atoms with van der Waals surface area (Å²) < 4.78 is 37.2. The van der Waals surface area contributed by atoms with Crippen LogP contribution in [0.1, 0.15) is 77.6 Å². The van der Waals surface area contributed by atoms with Crippen LogP contribution in [0, 0.1) is 0 Å². The second-order valence-electron chi connectivity index (χ2n) is 6.65. The predicted octanol–water partition coefficient (Wildman–Crippen LogP) is -5.37. The first kappa shape index (κ1) is 34.9. The third-order valence-corrected chi connectivity index (χ3v) is 5.20. The summed E-state index contributed by atoms with van der Waals surface area (Å²) in [4.78, 5) is 33.6. The molecule has 0 aromatic carbocycles. The van der Waals surface area contributed by atoms with Crippen LogP contribution >= 0.6 is 0 Å². The van der Waals surface area contributed by atoms with Gasteiger partial charge in [0.1, 0.15) is 16.7 Å². The van der Waals surface area contributed by atoms with Crippen molar-refractivity contribution < 1.29 is 96.3 Å². The van der Waals surface area contributed by atoms with Gasteiger partial charge in [-0.15, -0.1) is 0 Å². The van der Waals surface area contributed by atoms with E-state index in [1.54, 1.807) is 0 Å². The van der Waals surface area contributed by atoms with Crippen molar-refractivity contribution in [1.29, 1.82) is 0 Å². The van der Waals surface area contributed by atoms with E-state index in [4.69, 9.17) is 0 Å². The number of hydrogen-bond donors (Lipinski definition) is 1. The van der Waals surface area contributed by atoms with Crippen LogP contribution in [0.25, 0.3) is 0 Å². The quantitative estimate of drug-likeness (QED) is 0.0963. The normalized spacial score (nSPS) is 11.5. The topological polar surface area (TPSA) is 153 Å². The molecule has 164 valence electrons. The Bertz CT molecular complexity index is 587. The fraction of sp³-hybridized carbons (Fsp3) is 0.833. The number of esters is 1. The Labute approximate surface area is 223 Å². The summed E-state index contributed by atoms with van der Waals surface area (Å²) in [6, 6.07) is 0. The molecule has 0 aliphatic carbocycles. The third kappa shape index (κ3) is 20.2. The molecule has 30 heavy (non-hydrogen) atoms. The molecule has 0 aliphatic heterocycles. The fourth-order valence-corrected chi connectivity index (χ4v) is 3.22. The molecule has 0 rings (SSSR count). The van der Waals surface area contributed by atoms with Crippen LogP contribution in [0.15, 0.2) is 0 Å². The van der Waals surface area contributed by atoms with E-state index >= 15 is 0 Å². The smallest absolute Gasteiger partial charge is 0.747 e. The molecule has 0 radical (unpaired) electrons. The number of nitrogens with one attached hydrogen (secondary N) is 1. The molecule has 0 bridgehead atoms. The van der Waals surface area contributed by atoms with Crippen LogP contribution in [-0.4, -0.2) is 49.2 Å². The van der Waals surface area contributed by atoms with Gasteiger partial charge in [-0.05, 0) is 6.42 Å². The van der Waals surface area contributed by atoms with Crippen molar-refractivity contribution >= 4 is 28.0 Å². The first-order valence-electron chi connectivity index (χ1n) is 9.76. The first-order valence-corrected chi connectivity index (χ1v) is 11.2. The molecule has 1 unspecified atom stereocenters. The van der Waals surface area contributed by atoms with Gasteiger partial charge >= 0.3 is 65.1 Å². The fourth-order valence-electron chi connectivity index (χ4n) is 2.57. The largest absolute Gasteiger partial charge is 1.00 e. The molecule has 0 aliphatic rings. The van der Waals surface area contributed by atoms with Crippen LogP contribution in [0.2, 0.25) is 0 Å². The van der Waals surface area contributed by atoms with Crippen LogP contribution in [0.5, 0.6) is 0 Å². The summed E-state index contributed by atoms with van der Waals surface area (Å²) in [5, 5.41) is 10.6. The van der Waals surface area contributed by atoms with E-state index in [9.17, 15) is 32.5 Å². The Kier molecular flexibility index (Phi) is 24.7. The Hall–Kier alpha value is 0.320. The summed E-state index contributed by atoms with van der Waals surface area (Å²) in [7, 11) is -5.17. The molecule has 0 heterocycles. The minimum Gasteiger partial charge on any atom is -0.747 e. The number of carbonyl (C=O) groups is 3. The maximum atomic E-state index is 11.6. The van der Waals surface area contributed by atoms with E-state index in [1.165, 1.54) is 32.1 Å². The molecule has 0 spiro atoms. The molecule has 0 saturated heterocycles. The number of carboxylic acids is 1. The maximum absolute atomic E-state index is 11.6. The van der Waals surface area contributed by atoms with E-state index < -0.39 is 33.7 Å². The number of amides is 1. The Morgan fingerprint density at radius 1 is 0.933 bits per heavy atom. The zero-order valence-electron chi connectivity index (χ0n) is 18.4. The van der Waals surface area contributed by atoms with Gasteiger partial charge in [-0.25, -0.2) is 8.42 Å². The summed E-state index contributed by atoms with van der Waals surface area (Å²) in [6.07, 6.45) is 9.29. The van der Waals surface area contributed by atoms with Gasteiger partial charge in [0, 0.05) is 18.8 Å². The summed E-state index contributed by atoms with van der Waals surface area (Å²) in [6.45, 7) is 1.76. The van der Waals surface area contributed by atoms with E-state index in [1.807, 2.05) is 0 Å². The van der Waals surface area contributed by atoms with Gasteiger partial charge < -0.3 is 24.5 Å². The second-order valence-corrected chi connectivity index (χ2v) is 8.21. The van der Waals surface area contributed by atoms with Gasteiger partial charge in [0.2, 0.25) is 5.91 Å². The van der Waals surface area contributed by atoms with Gasteiger partial charge in [0.25, 0.3) is 0 Å². The van der Waals surface area contributed by atoms with Crippen molar-refractivity contribution in [3.8, 4) is 0 Å². The minimum absolute atomic E-state index is 0. The van der Waals surface area contributed by atoms with Crippen molar-refractivity contribution in [2.75, 3.05) is 13.2 Å². The third-order valence-electron chi connectivity index (χ3n) is 4.14. The van der Waals surface area contributed by atoms with Crippen LogP contribution in [-0.2, 0) is 29.2 Å². The molecule has 0 aromatic rings. The zero-order chi connectivity index (χ0) is 21.4.